The number of benzene rings is 4. The molecule has 1 fully saturated rings. The summed E-state index contributed by atoms with van der Waals surface area (Å²) in [4.78, 5) is 15.8. The number of piperazine rings is 1. The Morgan fingerprint density at radius 1 is 0.632 bits per heavy atom. The molecule has 2 aliphatic rings. The minimum absolute atomic E-state index is 0.254. The zero-order chi connectivity index (χ0) is 39.6. The third-order valence-corrected chi connectivity index (χ3v) is 11.5. The maximum atomic E-state index is 6.26. The first-order chi connectivity index (χ1) is 28.0. The summed E-state index contributed by atoms with van der Waals surface area (Å²) in [5.74, 6) is 4.58. The molecule has 0 aliphatic carbocycles. The highest BCUT2D eigenvalue weighted by molar-refractivity contribution is 7.21. The number of hydrogen-bond donors (Lipinski definition) is 0. The Morgan fingerprint density at radius 3 is 1.98 bits per heavy atom. The van der Waals surface area contributed by atoms with Gasteiger partial charge in [-0.15, -0.1) is 11.3 Å². The molecule has 0 radical (unpaired) electrons. The maximum absolute atomic E-state index is 6.26. The number of thiazole rings is 1. The highest BCUT2D eigenvalue weighted by Crippen LogP contribution is 2.41. The number of nitrogens with zero attached hydrogens (tertiary/aromatic N) is 4. The Balaban J connectivity index is 0.801. The molecule has 0 amide bonds. The lowest BCUT2D eigenvalue weighted by Crippen LogP contribution is -2.46. The predicted molar refractivity (Wildman–Crippen MR) is 223 cm³/mol. The van der Waals surface area contributed by atoms with Gasteiger partial charge < -0.3 is 47.8 Å². The molecule has 302 valence electrons. The lowest BCUT2D eigenvalue weighted by atomic mass is 9.99. The van der Waals surface area contributed by atoms with Crippen LogP contribution in [0.25, 0.3) is 20.8 Å². The van der Waals surface area contributed by atoms with Crippen molar-refractivity contribution in [2.24, 2.45) is 5.16 Å². The minimum atomic E-state index is -0.254. The van der Waals surface area contributed by atoms with E-state index in [1.165, 1.54) is 4.70 Å². The molecule has 2 aliphatic heterocycles. The summed E-state index contributed by atoms with van der Waals surface area (Å²) in [6.07, 6.45) is 3.30. The van der Waals surface area contributed by atoms with Crippen molar-refractivity contribution in [2.45, 2.75) is 31.8 Å². The summed E-state index contributed by atoms with van der Waals surface area (Å²) in [6.45, 7) is 7.58. The lowest BCUT2D eigenvalue weighted by Gasteiger charge is -2.34. The van der Waals surface area contributed by atoms with Gasteiger partial charge in [0.2, 0.25) is 5.75 Å². The van der Waals surface area contributed by atoms with Gasteiger partial charge in [-0.2, -0.15) is 0 Å². The van der Waals surface area contributed by atoms with Crippen molar-refractivity contribution in [3.05, 3.63) is 83.9 Å². The zero-order valence-corrected chi connectivity index (χ0v) is 34.3. The Kier molecular flexibility index (Phi) is 13.5. The van der Waals surface area contributed by atoms with E-state index in [9.17, 15) is 0 Å². The highest BCUT2D eigenvalue weighted by atomic mass is 32.1. The van der Waals surface area contributed by atoms with E-state index < -0.39 is 0 Å². The Morgan fingerprint density at radius 2 is 1.28 bits per heavy atom. The Labute approximate surface area is 338 Å². The molecule has 57 heavy (non-hydrogen) atoms. The van der Waals surface area contributed by atoms with Crippen LogP contribution < -0.4 is 33.2 Å². The molecule has 13 heteroatoms. The molecule has 4 aromatic carbocycles. The molecule has 7 rings (SSSR count). The van der Waals surface area contributed by atoms with Crippen molar-refractivity contribution in [1.82, 2.24) is 14.8 Å². The number of aromatic nitrogens is 1. The Bertz CT molecular complexity index is 2070. The zero-order valence-electron chi connectivity index (χ0n) is 33.5. The quantitative estimate of drug-likeness (QED) is 0.0757. The topological polar surface area (TPSA) is 106 Å². The van der Waals surface area contributed by atoms with Gasteiger partial charge in [-0.25, -0.2) is 4.98 Å². The third kappa shape index (κ3) is 9.66. The summed E-state index contributed by atoms with van der Waals surface area (Å²) < 4.78 is 41.4. The maximum Gasteiger partial charge on any atom is 0.203 e. The fourth-order valence-electron chi connectivity index (χ4n) is 7.22. The molecule has 1 atom stereocenters. The number of methoxy groups -OCH3 is 5. The smallest absolute Gasteiger partial charge is 0.203 e. The van der Waals surface area contributed by atoms with Crippen molar-refractivity contribution >= 4 is 27.3 Å². The molecule has 1 unspecified atom stereocenters. The molecular weight excluding hydrogens is 745 g/mol. The van der Waals surface area contributed by atoms with Gasteiger partial charge in [0.1, 0.15) is 5.01 Å². The van der Waals surface area contributed by atoms with Crippen molar-refractivity contribution in [1.29, 1.82) is 0 Å². The normalized spacial score (nSPS) is 15.9. The second-order valence-corrected chi connectivity index (χ2v) is 15.0. The standard InChI is InChI=1S/C44H52N4O8S/c1-49-35-15-13-30(37-29-34(46-56-37)32-27-40(51-3)43(53-5)41(28-32)52-4)25-39(35)55-23-9-8-17-47-19-21-48(22-20-47)18-10-24-54-36-16-14-31(26-38(36)50-2)44-45-33-11-6-7-12-42(33)57-44/h6-7,11-16,25-28,37H,8-10,17-24,29H2,1-5H3. The summed E-state index contributed by atoms with van der Waals surface area (Å²) in [5, 5.41) is 5.38. The molecule has 5 aromatic rings. The summed E-state index contributed by atoms with van der Waals surface area (Å²) in [7, 11) is 8.13. The van der Waals surface area contributed by atoms with Gasteiger partial charge >= 0.3 is 0 Å². The fraction of sp³-hybridized carbons (Fsp3) is 0.409. The number of rotatable bonds is 19. The van der Waals surface area contributed by atoms with Crippen LogP contribution in [0.5, 0.6) is 40.2 Å². The molecule has 0 N–H and O–H groups in total. The predicted octanol–water partition coefficient (Wildman–Crippen LogP) is 8.12. The van der Waals surface area contributed by atoms with Crippen molar-refractivity contribution in [2.75, 3.05) is 88.0 Å². The number of oxime groups is 1. The number of ether oxygens (including phenoxy) is 7. The second kappa shape index (κ2) is 19.3. The van der Waals surface area contributed by atoms with E-state index in [2.05, 4.69) is 27.1 Å². The minimum Gasteiger partial charge on any atom is -0.493 e. The lowest BCUT2D eigenvalue weighted by molar-refractivity contribution is 0.0854. The van der Waals surface area contributed by atoms with Crippen LogP contribution in [0.3, 0.4) is 0 Å². The van der Waals surface area contributed by atoms with E-state index in [4.69, 9.17) is 43.0 Å². The number of unbranched alkanes of at least 4 members (excludes halogenated alkanes) is 1. The van der Waals surface area contributed by atoms with Gasteiger partial charge in [0.25, 0.3) is 0 Å². The van der Waals surface area contributed by atoms with Gasteiger partial charge in [-0.3, -0.25) is 0 Å². The van der Waals surface area contributed by atoms with E-state index in [1.54, 1.807) is 46.9 Å². The van der Waals surface area contributed by atoms with Crippen LogP contribution in [0, 0.1) is 0 Å². The first kappa shape index (κ1) is 40.0. The SMILES string of the molecule is COc1ccc(C2CC(c3cc(OC)c(OC)c(OC)c3)=NO2)cc1OCCCCN1CCN(CCCOc2ccc(-c3nc4ccccc4s3)cc2OC)CC1. The average Bonchev–Trinajstić information content (AvgIpc) is 3.94. The molecule has 1 saturated heterocycles. The van der Waals surface area contributed by atoms with Crippen molar-refractivity contribution in [3.63, 3.8) is 0 Å². The van der Waals surface area contributed by atoms with Crippen LogP contribution in [0.2, 0.25) is 0 Å². The van der Waals surface area contributed by atoms with Gasteiger partial charge in [-0.05, 0) is 86.0 Å². The van der Waals surface area contributed by atoms with Crippen LogP contribution in [0.15, 0.2) is 78.0 Å². The average molecular weight is 797 g/mol. The molecular formula is C44H52N4O8S. The van der Waals surface area contributed by atoms with Crippen molar-refractivity contribution in [3.8, 4) is 50.8 Å². The monoisotopic (exact) mass is 796 g/mol. The molecule has 12 nitrogen and oxygen atoms in total. The molecule has 1 aromatic heterocycles. The van der Waals surface area contributed by atoms with Crippen LogP contribution in [-0.4, -0.2) is 109 Å². The first-order valence-electron chi connectivity index (χ1n) is 19.5. The summed E-state index contributed by atoms with van der Waals surface area (Å²) >= 11 is 1.68. The van der Waals surface area contributed by atoms with Crippen LogP contribution in [-0.2, 0) is 4.84 Å². The van der Waals surface area contributed by atoms with Crippen LogP contribution in [0.4, 0.5) is 0 Å². The van der Waals surface area contributed by atoms with Crippen molar-refractivity contribution < 1.29 is 38.0 Å². The van der Waals surface area contributed by atoms with Gasteiger partial charge in [-0.1, -0.05) is 23.4 Å². The number of hydrogen-bond acceptors (Lipinski definition) is 13. The van der Waals surface area contributed by atoms with Crippen LogP contribution >= 0.6 is 11.3 Å². The third-order valence-electron chi connectivity index (χ3n) is 10.4. The summed E-state index contributed by atoms with van der Waals surface area (Å²) in [6, 6.07) is 24.0. The van der Waals surface area contributed by atoms with E-state index in [0.29, 0.717) is 48.4 Å². The second-order valence-electron chi connectivity index (χ2n) is 14.0. The van der Waals surface area contributed by atoms with E-state index in [-0.39, 0.29) is 6.10 Å². The largest absolute Gasteiger partial charge is 0.493 e. The fourth-order valence-corrected chi connectivity index (χ4v) is 8.18. The number of para-hydroxylation sites is 1. The molecule has 0 spiro atoms. The Hall–Kier alpha value is -5.24. The van der Waals surface area contributed by atoms with Gasteiger partial charge in [0.15, 0.2) is 40.6 Å². The van der Waals surface area contributed by atoms with E-state index in [0.717, 1.165) is 103 Å². The van der Waals surface area contributed by atoms with Gasteiger partial charge in [0, 0.05) is 50.3 Å². The van der Waals surface area contributed by atoms with Crippen LogP contribution in [0.1, 0.15) is 42.9 Å². The molecule has 0 bridgehead atoms. The van der Waals surface area contributed by atoms with Gasteiger partial charge in [0.05, 0.1) is 64.7 Å². The molecule has 3 heterocycles. The summed E-state index contributed by atoms with van der Waals surface area (Å²) in [5.41, 5.74) is 4.67. The highest BCUT2D eigenvalue weighted by Gasteiger charge is 2.27. The number of fused-ring (bicyclic) bond motifs is 1. The van der Waals surface area contributed by atoms with E-state index in [1.807, 2.05) is 60.7 Å². The molecule has 0 saturated carbocycles. The first-order valence-corrected chi connectivity index (χ1v) is 20.3. The van der Waals surface area contributed by atoms with E-state index >= 15 is 0 Å².